The van der Waals surface area contributed by atoms with Gasteiger partial charge in [0, 0.05) is 30.5 Å². The second-order valence-corrected chi connectivity index (χ2v) is 6.28. The molecule has 0 radical (unpaired) electrons. The van der Waals surface area contributed by atoms with Gasteiger partial charge in [-0.25, -0.2) is 4.98 Å². The molecule has 0 aliphatic carbocycles. The number of nitrogens with zero attached hydrogens (tertiary/aromatic N) is 2. The quantitative estimate of drug-likeness (QED) is 0.869. The number of thiazole rings is 1. The molecule has 3 rings (SSSR count). The minimum absolute atomic E-state index is 0.0509. The maximum Gasteiger partial charge on any atom is 0.254 e. The predicted octanol–water partition coefficient (Wildman–Crippen LogP) is 2.50. The number of carbonyl (C=O) groups is 1. The Kier molecular flexibility index (Phi) is 4.40. The highest BCUT2D eigenvalue weighted by Crippen LogP contribution is 2.26. The Morgan fingerprint density at radius 3 is 2.77 bits per heavy atom. The van der Waals surface area contributed by atoms with Crippen LogP contribution in [0.25, 0.3) is 0 Å². The van der Waals surface area contributed by atoms with E-state index in [4.69, 9.17) is 9.47 Å². The summed E-state index contributed by atoms with van der Waals surface area (Å²) >= 11 is 1.63. The van der Waals surface area contributed by atoms with Crippen molar-refractivity contribution < 1.29 is 14.3 Å². The highest BCUT2D eigenvalue weighted by Gasteiger charge is 2.24. The number of hydrogen-bond acceptors (Lipinski definition) is 5. The lowest BCUT2D eigenvalue weighted by molar-refractivity contribution is 0.0736. The first-order valence-electron chi connectivity index (χ1n) is 7.11. The summed E-state index contributed by atoms with van der Waals surface area (Å²) in [6.45, 7) is 1.86. The fourth-order valence-corrected chi connectivity index (χ4v) is 3.63. The Balaban J connectivity index is 1.73. The molecule has 6 heteroatoms. The van der Waals surface area contributed by atoms with E-state index in [9.17, 15) is 4.79 Å². The fraction of sp³-hybridized carbons (Fsp3) is 0.375. The van der Waals surface area contributed by atoms with Crippen molar-refractivity contribution in [3.05, 3.63) is 45.4 Å². The van der Waals surface area contributed by atoms with Gasteiger partial charge in [0.25, 0.3) is 5.91 Å². The Hall–Kier alpha value is -1.92. The van der Waals surface area contributed by atoms with Crippen LogP contribution in [0.5, 0.6) is 5.75 Å². The summed E-state index contributed by atoms with van der Waals surface area (Å²) in [5.41, 5.74) is 1.79. The molecule has 0 unspecified atom stereocenters. The van der Waals surface area contributed by atoms with Gasteiger partial charge in [-0.3, -0.25) is 4.79 Å². The van der Waals surface area contributed by atoms with E-state index in [1.165, 1.54) is 4.88 Å². The van der Waals surface area contributed by atoms with Gasteiger partial charge < -0.3 is 14.4 Å². The number of carbonyl (C=O) groups excluding carboxylic acids is 1. The van der Waals surface area contributed by atoms with E-state index in [0.717, 1.165) is 22.9 Å². The average molecular weight is 318 g/mol. The first kappa shape index (κ1) is 15.0. The molecule has 0 atom stereocenters. The van der Waals surface area contributed by atoms with Crippen LogP contribution in [0, 0.1) is 0 Å². The van der Waals surface area contributed by atoms with Gasteiger partial charge in [0.15, 0.2) is 0 Å². The summed E-state index contributed by atoms with van der Waals surface area (Å²) in [4.78, 5) is 20.2. The summed E-state index contributed by atoms with van der Waals surface area (Å²) in [6.07, 6.45) is 0.803. The number of rotatable bonds is 4. The van der Waals surface area contributed by atoms with Crippen LogP contribution in [0.4, 0.5) is 0 Å². The minimum Gasteiger partial charge on any atom is -0.497 e. The zero-order chi connectivity index (χ0) is 15.5. The summed E-state index contributed by atoms with van der Waals surface area (Å²) in [5, 5.41) is 0.978. The zero-order valence-corrected chi connectivity index (χ0v) is 13.5. The van der Waals surface area contributed by atoms with Crippen LogP contribution in [0.1, 0.15) is 25.9 Å². The van der Waals surface area contributed by atoms with E-state index in [2.05, 4.69) is 4.98 Å². The van der Waals surface area contributed by atoms with Crippen molar-refractivity contribution >= 4 is 17.2 Å². The van der Waals surface area contributed by atoms with E-state index in [1.54, 1.807) is 37.7 Å². The molecule has 0 fully saturated rings. The van der Waals surface area contributed by atoms with E-state index in [0.29, 0.717) is 25.3 Å². The molecule has 0 saturated heterocycles. The maximum atomic E-state index is 12.6. The Labute approximate surface area is 133 Å². The summed E-state index contributed by atoms with van der Waals surface area (Å²) in [7, 11) is 3.28. The largest absolute Gasteiger partial charge is 0.497 e. The number of fused-ring (bicyclic) bond motifs is 1. The van der Waals surface area contributed by atoms with Crippen LogP contribution in [0.2, 0.25) is 0 Å². The monoisotopic (exact) mass is 318 g/mol. The molecule has 2 aromatic rings. The number of methoxy groups -OCH3 is 2. The van der Waals surface area contributed by atoms with Crippen molar-refractivity contribution in [3.63, 3.8) is 0 Å². The van der Waals surface area contributed by atoms with E-state index < -0.39 is 0 Å². The van der Waals surface area contributed by atoms with Gasteiger partial charge in [-0.15, -0.1) is 11.3 Å². The van der Waals surface area contributed by atoms with Crippen molar-refractivity contribution in [2.24, 2.45) is 0 Å². The predicted molar refractivity (Wildman–Crippen MR) is 84.3 cm³/mol. The van der Waals surface area contributed by atoms with Gasteiger partial charge in [0.2, 0.25) is 0 Å². The fourth-order valence-electron chi connectivity index (χ4n) is 2.52. The molecule has 116 valence electrons. The Morgan fingerprint density at radius 2 is 2.09 bits per heavy atom. The van der Waals surface area contributed by atoms with E-state index >= 15 is 0 Å². The first-order chi connectivity index (χ1) is 10.7. The first-order valence-corrected chi connectivity index (χ1v) is 7.92. The Bertz CT molecular complexity index is 667. The number of amides is 1. The van der Waals surface area contributed by atoms with Gasteiger partial charge >= 0.3 is 0 Å². The highest BCUT2D eigenvalue weighted by atomic mass is 32.1. The van der Waals surface area contributed by atoms with Crippen LogP contribution in [0.3, 0.4) is 0 Å². The van der Waals surface area contributed by atoms with E-state index in [-0.39, 0.29) is 5.91 Å². The van der Waals surface area contributed by atoms with Crippen LogP contribution in [0.15, 0.2) is 24.3 Å². The maximum absolute atomic E-state index is 12.6. The summed E-state index contributed by atoms with van der Waals surface area (Å²) in [5.74, 6) is 0.805. The smallest absolute Gasteiger partial charge is 0.254 e. The van der Waals surface area contributed by atoms with Crippen molar-refractivity contribution in [2.45, 2.75) is 19.6 Å². The number of aromatic nitrogens is 1. The van der Waals surface area contributed by atoms with Crippen LogP contribution in [-0.2, 0) is 24.3 Å². The molecule has 1 aliphatic rings. The van der Waals surface area contributed by atoms with Crippen molar-refractivity contribution in [2.75, 3.05) is 20.8 Å². The SMILES string of the molecule is COCc1nc2c(s1)CN(C(=O)c1ccc(OC)cc1)CC2. The molecule has 1 aromatic heterocycles. The molecular weight excluding hydrogens is 300 g/mol. The lowest BCUT2D eigenvalue weighted by Crippen LogP contribution is -2.35. The van der Waals surface area contributed by atoms with Gasteiger partial charge in [-0.05, 0) is 24.3 Å². The number of hydrogen-bond donors (Lipinski definition) is 0. The molecule has 1 amide bonds. The molecule has 0 N–H and O–H groups in total. The zero-order valence-electron chi connectivity index (χ0n) is 12.7. The second kappa shape index (κ2) is 6.46. The molecule has 2 heterocycles. The average Bonchev–Trinajstić information content (AvgIpc) is 2.96. The summed E-state index contributed by atoms with van der Waals surface area (Å²) in [6, 6.07) is 7.23. The standard InChI is InChI=1S/C16H18N2O3S/c1-20-10-15-17-13-7-8-18(9-14(13)22-15)16(19)11-3-5-12(21-2)6-4-11/h3-6H,7-10H2,1-2H3. The molecule has 1 aliphatic heterocycles. The van der Waals surface area contributed by atoms with Crippen molar-refractivity contribution in [3.8, 4) is 5.75 Å². The Morgan fingerprint density at radius 1 is 1.32 bits per heavy atom. The molecule has 22 heavy (non-hydrogen) atoms. The third kappa shape index (κ3) is 2.98. The van der Waals surface area contributed by atoms with Crippen LogP contribution < -0.4 is 4.74 Å². The highest BCUT2D eigenvalue weighted by molar-refractivity contribution is 7.11. The van der Waals surface area contributed by atoms with Gasteiger partial charge in [-0.2, -0.15) is 0 Å². The van der Waals surface area contributed by atoms with E-state index in [1.807, 2.05) is 17.0 Å². The minimum atomic E-state index is 0.0509. The second-order valence-electron chi connectivity index (χ2n) is 5.12. The van der Waals surface area contributed by atoms with Crippen LogP contribution in [-0.4, -0.2) is 36.6 Å². The third-order valence-electron chi connectivity index (χ3n) is 3.67. The number of ether oxygens (including phenoxy) is 2. The normalized spacial score (nSPS) is 13.8. The molecule has 0 spiro atoms. The van der Waals surface area contributed by atoms with Gasteiger partial charge in [0.1, 0.15) is 10.8 Å². The molecule has 5 nitrogen and oxygen atoms in total. The van der Waals surface area contributed by atoms with Crippen molar-refractivity contribution in [1.82, 2.24) is 9.88 Å². The summed E-state index contributed by atoms with van der Waals surface area (Å²) < 4.78 is 10.2. The van der Waals surface area contributed by atoms with Crippen molar-refractivity contribution in [1.29, 1.82) is 0 Å². The topological polar surface area (TPSA) is 51.7 Å². The third-order valence-corrected chi connectivity index (χ3v) is 4.72. The van der Waals surface area contributed by atoms with Gasteiger partial charge in [0.05, 0.1) is 26.0 Å². The number of benzene rings is 1. The molecule has 0 bridgehead atoms. The molecule has 1 aromatic carbocycles. The molecular formula is C16H18N2O3S. The van der Waals surface area contributed by atoms with Gasteiger partial charge in [-0.1, -0.05) is 0 Å². The van der Waals surface area contributed by atoms with Crippen LogP contribution >= 0.6 is 11.3 Å². The lowest BCUT2D eigenvalue weighted by Gasteiger charge is -2.26. The molecule has 0 saturated carbocycles. The lowest BCUT2D eigenvalue weighted by atomic mass is 10.1.